The zero-order chi connectivity index (χ0) is 21.1. The van der Waals surface area contributed by atoms with Crippen LogP contribution in [0.3, 0.4) is 0 Å². The summed E-state index contributed by atoms with van der Waals surface area (Å²) in [5.41, 5.74) is 0.492. The van der Waals surface area contributed by atoms with Crippen LogP contribution in [0.15, 0.2) is 23.8 Å². The van der Waals surface area contributed by atoms with Gasteiger partial charge in [0.15, 0.2) is 5.78 Å². The lowest BCUT2D eigenvalue weighted by Gasteiger charge is -2.60. The normalized spacial score (nSPS) is 52.7. The molecule has 9 atom stereocenters. The van der Waals surface area contributed by atoms with Crippen molar-refractivity contribution in [3.8, 4) is 0 Å². The topological polar surface area (TPSA) is 69.7 Å². The number of esters is 2. The molecule has 0 bridgehead atoms. The van der Waals surface area contributed by atoms with Crippen LogP contribution in [0.1, 0.15) is 52.4 Å². The first-order valence-corrected chi connectivity index (χ1v) is 11.5. The largest absolute Gasteiger partial charge is 0.469 e. The van der Waals surface area contributed by atoms with Gasteiger partial charge < -0.3 is 9.47 Å². The third-order valence-corrected chi connectivity index (χ3v) is 10.2. The summed E-state index contributed by atoms with van der Waals surface area (Å²) in [6.07, 6.45) is 10.6. The SMILES string of the molecule is COC(=O)[C@@H]1CC2=CC(=O)C=CC2(C)C2CCC3(C)C(C21)[C@@H]1C[C@@H]1C31CCC(=O)O1. The van der Waals surface area contributed by atoms with E-state index < -0.39 is 0 Å². The molecule has 0 aromatic heterocycles. The number of hydrogen-bond acceptors (Lipinski definition) is 5. The summed E-state index contributed by atoms with van der Waals surface area (Å²) in [4.78, 5) is 37.4. The van der Waals surface area contributed by atoms with Crippen molar-refractivity contribution in [3.63, 3.8) is 0 Å². The lowest BCUT2D eigenvalue weighted by Crippen LogP contribution is -2.59. The van der Waals surface area contributed by atoms with Gasteiger partial charge in [-0.1, -0.05) is 25.5 Å². The Kier molecular flexibility index (Phi) is 3.55. The van der Waals surface area contributed by atoms with Gasteiger partial charge in [0.25, 0.3) is 0 Å². The summed E-state index contributed by atoms with van der Waals surface area (Å²) in [7, 11) is 1.47. The molecule has 5 nitrogen and oxygen atoms in total. The summed E-state index contributed by atoms with van der Waals surface area (Å²) in [5.74, 6) is 1.43. The Morgan fingerprint density at radius 2 is 2.00 bits per heavy atom. The maximum absolute atomic E-state index is 13.0. The summed E-state index contributed by atoms with van der Waals surface area (Å²) in [6, 6.07) is 0. The van der Waals surface area contributed by atoms with Gasteiger partial charge in [-0.3, -0.25) is 14.4 Å². The Hall–Kier alpha value is -1.91. The minimum absolute atomic E-state index is 0.0186. The molecule has 30 heavy (non-hydrogen) atoms. The van der Waals surface area contributed by atoms with Gasteiger partial charge in [0.1, 0.15) is 5.60 Å². The number of carbonyl (C=O) groups is 3. The quantitative estimate of drug-likeness (QED) is 0.618. The van der Waals surface area contributed by atoms with Crippen molar-refractivity contribution in [2.24, 2.45) is 46.3 Å². The molecule has 0 radical (unpaired) electrons. The summed E-state index contributed by atoms with van der Waals surface area (Å²) < 4.78 is 11.4. The summed E-state index contributed by atoms with van der Waals surface area (Å²) in [5, 5.41) is 0. The second-order valence-corrected chi connectivity index (χ2v) is 11.1. The third-order valence-electron chi connectivity index (χ3n) is 10.2. The van der Waals surface area contributed by atoms with Crippen LogP contribution in [-0.2, 0) is 23.9 Å². The Balaban J connectivity index is 1.47. The fraction of sp³-hybridized carbons (Fsp3) is 0.720. The number of ether oxygens (including phenoxy) is 2. The van der Waals surface area contributed by atoms with Crippen molar-refractivity contribution in [2.75, 3.05) is 7.11 Å². The van der Waals surface area contributed by atoms with E-state index in [1.807, 2.05) is 0 Å². The number of fused-ring (bicyclic) bond motifs is 9. The van der Waals surface area contributed by atoms with Gasteiger partial charge in [0, 0.05) is 23.2 Å². The highest BCUT2D eigenvalue weighted by Crippen LogP contribution is 2.79. The van der Waals surface area contributed by atoms with Gasteiger partial charge in [-0.05, 0) is 67.9 Å². The fourth-order valence-electron chi connectivity index (χ4n) is 8.94. The number of allylic oxidation sites excluding steroid dienone is 4. The lowest BCUT2D eigenvalue weighted by molar-refractivity contribution is -0.183. The Labute approximate surface area is 177 Å². The molecule has 6 unspecified atom stereocenters. The number of rotatable bonds is 1. The van der Waals surface area contributed by atoms with Crippen molar-refractivity contribution in [3.05, 3.63) is 23.8 Å². The first-order chi connectivity index (χ1) is 14.2. The third kappa shape index (κ3) is 2.02. The molecule has 0 aromatic carbocycles. The van der Waals surface area contributed by atoms with E-state index in [1.54, 1.807) is 12.2 Å². The van der Waals surface area contributed by atoms with Crippen molar-refractivity contribution in [1.82, 2.24) is 0 Å². The number of ketones is 1. The average molecular weight is 411 g/mol. The lowest BCUT2D eigenvalue weighted by atomic mass is 9.44. The highest BCUT2D eigenvalue weighted by atomic mass is 16.6. The molecule has 4 saturated carbocycles. The van der Waals surface area contributed by atoms with Crippen molar-refractivity contribution >= 4 is 17.7 Å². The molecule has 5 aliphatic carbocycles. The molecule has 6 rings (SSSR count). The molecule has 0 N–H and O–H groups in total. The second-order valence-electron chi connectivity index (χ2n) is 11.1. The van der Waals surface area contributed by atoms with E-state index >= 15 is 0 Å². The Bertz CT molecular complexity index is 932. The van der Waals surface area contributed by atoms with Crippen LogP contribution in [-0.4, -0.2) is 30.4 Å². The van der Waals surface area contributed by atoms with Gasteiger partial charge in [0.2, 0.25) is 0 Å². The van der Waals surface area contributed by atoms with Crippen molar-refractivity contribution in [2.45, 2.75) is 58.0 Å². The molecule has 5 fully saturated rings. The minimum atomic E-state index is -0.333. The van der Waals surface area contributed by atoms with Crippen molar-refractivity contribution < 1.29 is 23.9 Å². The van der Waals surface area contributed by atoms with E-state index in [2.05, 4.69) is 19.9 Å². The van der Waals surface area contributed by atoms with E-state index in [4.69, 9.17) is 9.47 Å². The van der Waals surface area contributed by atoms with Crippen LogP contribution < -0.4 is 0 Å². The first-order valence-electron chi connectivity index (χ1n) is 11.5. The fourth-order valence-corrected chi connectivity index (χ4v) is 8.94. The van der Waals surface area contributed by atoms with Gasteiger partial charge >= 0.3 is 11.9 Å². The molecule has 1 saturated heterocycles. The minimum Gasteiger partial charge on any atom is -0.469 e. The smallest absolute Gasteiger partial charge is 0.309 e. The maximum atomic E-state index is 13.0. The molecule has 0 amide bonds. The van der Waals surface area contributed by atoms with Gasteiger partial charge in [-0.15, -0.1) is 0 Å². The summed E-state index contributed by atoms with van der Waals surface area (Å²) in [6.45, 7) is 4.58. The summed E-state index contributed by atoms with van der Waals surface area (Å²) >= 11 is 0. The van der Waals surface area contributed by atoms with E-state index in [9.17, 15) is 14.4 Å². The molecule has 6 aliphatic rings. The van der Waals surface area contributed by atoms with Gasteiger partial charge in [-0.2, -0.15) is 0 Å². The van der Waals surface area contributed by atoms with E-state index in [1.165, 1.54) is 7.11 Å². The van der Waals surface area contributed by atoms with E-state index in [-0.39, 0.29) is 46.0 Å². The van der Waals surface area contributed by atoms with E-state index in [0.29, 0.717) is 36.5 Å². The number of hydrogen-bond donors (Lipinski definition) is 0. The molecule has 1 spiro atoms. The van der Waals surface area contributed by atoms with Crippen LogP contribution in [0.25, 0.3) is 0 Å². The second kappa shape index (κ2) is 5.66. The van der Waals surface area contributed by atoms with Crippen LogP contribution >= 0.6 is 0 Å². The van der Waals surface area contributed by atoms with Gasteiger partial charge in [0.05, 0.1) is 13.0 Å². The first kappa shape index (κ1) is 18.8. The molecule has 1 aliphatic heterocycles. The van der Waals surface area contributed by atoms with Crippen LogP contribution in [0.4, 0.5) is 0 Å². The Morgan fingerprint density at radius 3 is 2.70 bits per heavy atom. The number of methoxy groups -OCH3 is 1. The zero-order valence-electron chi connectivity index (χ0n) is 18.0. The average Bonchev–Trinajstić information content (AvgIpc) is 3.36. The monoisotopic (exact) mass is 410 g/mol. The van der Waals surface area contributed by atoms with E-state index in [0.717, 1.165) is 31.3 Å². The predicted octanol–water partition coefficient (Wildman–Crippen LogP) is 3.63. The highest BCUT2D eigenvalue weighted by molar-refractivity contribution is 6.01. The Morgan fingerprint density at radius 1 is 1.20 bits per heavy atom. The standard InChI is InChI=1S/C25H30O5/c1-23-7-4-14(26)10-13(23)11-16(22(28)29-3)20-17(23)5-8-24(2)21(20)15-12-18(15)25(24)9-6-19(27)30-25/h4,7,10,15-18,20-21H,5-6,8-9,11-12H2,1-3H3/t15-,16-,17?,18+,20?,21?,23?,24?,25?/m1/s1. The molecule has 0 aromatic rings. The predicted molar refractivity (Wildman–Crippen MR) is 108 cm³/mol. The van der Waals surface area contributed by atoms with Crippen LogP contribution in [0.5, 0.6) is 0 Å². The number of carbonyl (C=O) groups excluding carboxylic acids is 3. The zero-order valence-corrected chi connectivity index (χ0v) is 18.0. The molecular formula is C25H30O5. The molecule has 160 valence electrons. The van der Waals surface area contributed by atoms with Crippen molar-refractivity contribution in [1.29, 1.82) is 0 Å². The molecule has 5 heteroatoms. The van der Waals surface area contributed by atoms with Crippen LogP contribution in [0.2, 0.25) is 0 Å². The van der Waals surface area contributed by atoms with Gasteiger partial charge in [-0.25, -0.2) is 0 Å². The maximum Gasteiger partial charge on any atom is 0.309 e. The molecule has 1 heterocycles. The molecular weight excluding hydrogens is 380 g/mol. The van der Waals surface area contributed by atoms with Crippen LogP contribution in [0, 0.1) is 46.3 Å². The highest BCUT2D eigenvalue weighted by Gasteiger charge is 2.79.